The van der Waals surface area contributed by atoms with Gasteiger partial charge in [-0.05, 0) is 97.6 Å². The standard InChI is InChI=1S/C34H32N4O5S/c1-4-31(34(41)36-27-16-13-22(2)23(3)19-27)44-29-12-8-11-26(21-29)35-33(40)30(37-32(39)25-9-6-5-7-10-25)20-24-14-17-28(18-15-24)38(42)43/h5-21,31H,4H2,1-3H3,(H,35,40)(H,36,41)(H,37,39)/b30-20+. The number of thioether (sulfide) groups is 1. The highest BCUT2D eigenvalue weighted by Crippen LogP contribution is 2.29. The maximum Gasteiger partial charge on any atom is 0.272 e. The van der Waals surface area contributed by atoms with E-state index >= 15 is 0 Å². The van der Waals surface area contributed by atoms with Crippen molar-refractivity contribution in [1.29, 1.82) is 0 Å². The van der Waals surface area contributed by atoms with Gasteiger partial charge in [0.05, 0.1) is 10.2 Å². The van der Waals surface area contributed by atoms with Crippen molar-refractivity contribution in [3.05, 3.63) is 135 Å². The third-order valence-corrected chi connectivity index (χ3v) is 8.11. The molecule has 4 aromatic rings. The van der Waals surface area contributed by atoms with Crippen molar-refractivity contribution in [3.63, 3.8) is 0 Å². The lowest BCUT2D eigenvalue weighted by atomic mass is 10.1. The number of rotatable bonds is 11. The highest BCUT2D eigenvalue weighted by molar-refractivity contribution is 8.00. The predicted octanol–water partition coefficient (Wildman–Crippen LogP) is 7.13. The Labute approximate surface area is 259 Å². The smallest absolute Gasteiger partial charge is 0.272 e. The van der Waals surface area contributed by atoms with E-state index in [1.54, 1.807) is 48.5 Å². The molecule has 0 fully saturated rings. The molecule has 0 spiro atoms. The number of hydrogen-bond acceptors (Lipinski definition) is 6. The van der Waals surface area contributed by atoms with Gasteiger partial charge in [-0.25, -0.2) is 0 Å². The van der Waals surface area contributed by atoms with Gasteiger partial charge in [0.25, 0.3) is 17.5 Å². The van der Waals surface area contributed by atoms with Gasteiger partial charge in [0.15, 0.2) is 0 Å². The molecule has 224 valence electrons. The molecule has 1 atom stereocenters. The molecule has 10 heteroatoms. The molecule has 3 amide bonds. The average molecular weight is 609 g/mol. The highest BCUT2D eigenvalue weighted by atomic mass is 32.2. The van der Waals surface area contributed by atoms with Gasteiger partial charge in [0.1, 0.15) is 5.70 Å². The van der Waals surface area contributed by atoms with Gasteiger partial charge < -0.3 is 16.0 Å². The number of carbonyl (C=O) groups is 3. The summed E-state index contributed by atoms with van der Waals surface area (Å²) in [5.41, 5.74) is 4.14. The number of nitrogens with one attached hydrogen (secondary N) is 3. The summed E-state index contributed by atoms with van der Waals surface area (Å²) in [5.74, 6) is -1.19. The van der Waals surface area contributed by atoms with Crippen LogP contribution in [0.1, 0.15) is 40.4 Å². The van der Waals surface area contributed by atoms with Gasteiger partial charge >= 0.3 is 0 Å². The summed E-state index contributed by atoms with van der Waals surface area (Å²) in [6.45, 7) is 5.95. The van der Waals surface area contributed by atoms with Crippen LogP contribution < -0.4 is 16.0 Å². The Kier molecular flexibility index (Phi) is 10.7. The van der Waals surface area contributed by atoms with E-state index in [9.17, 15) is 24.5 Å². The first kappa shape index (κ1) is 31.7. The van der Waals surface area contributed by atoms with Gasteiger partial charge in [-0.1, -0.05) is 37.3 Å². The van der Waals surface area contributed by atoms with Crippen LogP contribution in [0.5, 0.6) is 0 Å². The van der Waals surface area contributed by atoms with Crippen molar-refractivity contribution in [2.45, 2.75) is 37.3 Å². The van der Waals surface area contributed by atoms with Crippen LogP contribution in [0.15, 0.2) is 108 Å². The normalized spacial score (nSPS) is 11.8. The van der Waals surface area contributed by atoms with E-state index in [2.05, 4.69) is 16.0 Å². The predicted molar refractivity (Wildman–Crippen MR) is 175 cm³/mol. The Morgan fingerprint density at radius 2 is 1.55 bits per heavy atom. The number of non-ortho nitro benzene ring substituents is 1. The van der Waals surface area contributed by atoms with Crippen molar-refractivity contribution >= 4 is 52.6 Å². The largest absolute Gasteiger partial charge is 0.325 e. The molecule has 0 aliphatic heterocycles. The zero-order chi connectivity index (χ0) is 31.6. The van der Waals surface area contributed by atoms with E-state index < -0.39 is 16.7 Å². The van der Waals surface area contributed by atoms with E-state index in [4.69, 9.17) is 0 Å². The van der Waals surface area contributed by atoms with Crippen molar-refractivity contribution in [2.75, 3.05) is 10.6 Å². The second-order valence-electron chi connectivity index (χ2n) is 10.0. The molecule has 4 aromatic carbocycles. The number of nitro groups is 1. The zero-order valence-electron chi connectivity index (χ0n) is 24.5. The molecule has 0 saturated heterocycles. The maximum absolute atomic E-state index is 13.4. The van der Waals surface area contributed by atoms with Crippen molar-refractivity contribution in [3.8, 4) is 0 Å². The van der Waals surface area contributed by atoms with Crippen molar-refractivity contribution in [1.82, 2.24) is 5.32 Å². The molecule has 0 aromatic heterocycles. The van der Waals surface area contributed by atoms with Crippen LogP contribution in [-0.2, 0) is 9.59 Å². The summed E-state index contributed by atoms with van der Waals surface area (Å²) in [6.07, 6.45) is 2.04. The first-order chi connectivity index (χ1) is 21.1. The molecule has 0 radical (unpaired) electrons. The van der Waals surface area contributed by atoms with Gasteiger partial charge in [-0.3, -0.25) is 24.5 Å². The molecule has 3 N–H and O–H groups in total. The van der Waals surface area contributed by atoms with Crippen molar-refractivity contribution < 1.29 is 19.3 Å². The molecule has 0 heterocycles. The summed E-state index contributed by atoms with van der Waals surface area (Å²) in [4.78, 5) is 50.7. The minimum Gasteiger partial charge on any atom is -0.325 e. The van der Waals surface area contributed by atoms with Crippen LogP contribution in [0.4, 0.5) is 17.1 Å². The monoisotopic (exact) mass is 608 g/mol. The first-order valence-corrected chi connectivity index (χ1v) is 14.8. The summed E-state index contributed by atoms with van der Waals surface area (Å²) >= 11 is 1.38. The van der Waals surface area contributed by atoms with E-state index in [-0.39, 0.29) is 22.5 Å². The Balaban J connectivity index is 1.51. The number of anilines is 2. The summed E-state index contributed by atoms with van der Waals surface area (Å²) < 4.78 is 0. The number of carbonyl (C=O) groups excluding carboxylic acids is 3. The Bertz CT molecular complexity index is 1700. The Morgan fingerprint density at radius 3 is 2.20 bits per heavy atom. The average Bonchev–Trinajstić information content (AvgIpc) is 3.02. The molecule has 0 bridgehead atoms. The fourth-order valence-corrected chi connectivity index (χ4v) is 5.19. The second-order valence-corrected chi connectivity index (χ2v) is 11.3. The number of aryl methyl sites for hydroxylation is 2. The van der Waals surface area contributed by atoms with Gasteiger partial charge in [-0.2, -0.15) is 0 Å². The number of nitrogens with zero attached hydrogens (tertiary/aromatic N) is 1. The summed E-state index contributed by atoms with van der Waals surface area (Å²) in [7, 11) is 0. The van der Waals surface area contributed by atoms with Crippen LogP contribution >= 0.6 is 11.8 Å². The minimum atomic E-state index is -0.589. The van der Waals surface area contributed by atoms with E-state index in [1.165, 1.54) is 42.1 Å². The molecule has 44 heavy (non-hydrogen) atoms. The van der Waals surface area contributed by atoms with Crippen LogP contribution in [-0.4, -0.2) is 27.9 Å². The molecule has 1 unspecified atom stereocenters. The third-order valence-electron chi connectivity index (χ3n) is 6.75. The summed E-state index contributed by atoms with van der Waals surface area (Å²) in [5, 5.41) is 19.1. The fraction of sp³-hybridized carbons (Fsp3) is 0.147. The Morgan fingerprint density at radius 1 is 0.841 bits per heavy atom. The van der Waals surface area contributed by atoms with Crippen molar-refractivity contribution in [2.24, 2.45) is 0 Å². The zero-order valence-corrected chi connectivity index (χ0v) is 25.3. The number of nitro benzene ring substituents is 1. The molecular weight excluding hydrogens is 576 g/mol. The highest BCUT2D eigenvalue weighted by Gasteiger charge is 2.20. The van der Waals surface area contributed by atoms with Crippen LogP contribution in [0.25, 0.3) is 6.08 Å². The van der Waals surface area contributed by atoms with Gasteiger partial charge in [-0.15, -0.1) is 11.8 Å². The lowest BCUT2D eigenvalue weighted by Crippen LogP contribution is -2.30. The van der Waals surface area contributed by atoms with Gasteiger partial charge in [0, 0.05) is 34.0 Å². The minimum absolute atomic E-state index is 0.0510. The quantitative estimate of drug-likeness (QED) is 0.0719. The number of hydrogen-bond donors (Lipinski definition) is 3. The van der Waals surface area contributed by atoms with E-state index in [0.717, 1.165) is 21.7 Å². The third kappa shape index (κ3) is 8.65. The molecular formula is C34H32N4O5S. The fourth-order valence-electron chi connectivity index (χ4n) is 4.18. The van der Waals surface area contributed by atoms with Crippen LogP contribution in [0, 0.1) is 24.0 Å². The molecule has 0 aliphatic rings. The number of benzene rings is 4. The first-order valence-electron chi connectivity index (χ1n) is 13.9. The lowest BCUT2D eigenvalue weighted by molar-refractivity contribution is -0.384. The van der Waals surface area contributed by atoms with Gasteiger partial charge in [0.2, 0.25) is 5.91 Å². The Hall–Kier alpha value is -5.22. The molecule has 4 rings (SSSR count). The lowest BCUT2D eigenvalue weighted by Gasteiger charge is -2.16. The topological polar surface area (TPSA) is 130 Å². The number of amides is 3. The second kappa shape index (κ2) is 14.8. The SMILES string of the molecule is CCC(Sc1cccc(NC(=O)/C(=C\c2ccc([N+](=O)[O-])cc2)NC(=O)c2ccccc2)c1)C(=O)Nc1ccc(C)c(C)c1. The molecule has 0 saturated carbocycles. The molecule has 9 nitrogen and oxygen atoms in total. The van der Waals surface area contributed by atoms with E-state index in [1.807, 2.05) is 45.0 Å². The van der Waals surface area contributed by atoms with Crippen LogP contribution in [0.2, 0.25) is 0 Å². The van der Waals surface area contributed by atoms with Crippen LogP contribution in [0.3, 0.4) is 0 Å². The maximum atomic E-state index is 13.4. The molecule has 0 aliphatic carbocycles. The van der Waals surface area contributed by atoms with E-state index in [0.29, 0.717) is 23.2 Å². The summed E-state index contributed by atoms with van der Waals surface area (Å²) in [6, 6.07) is 27.0.